The molecule has 0 saturated carbocycles. The number of nitrogens with one attached hydrogen (secondary N) is 1. The van der Waals surface area contributed by atoms with Crippen molar-refractivity contribution >= 4 is 40.6 Å². The highest BCUT2D eigenvalue weighted by molar-refractivity contribution is 6.40. The molecule has 0 radical (unpaired) electrons. The van der Waals surface area contributed by atoms with Crippen LogP contribution in [0.2, 0.25) is 10.0 Å². The second-order valence-corrected chi connectivity index (χ2v) is 7.24. The van der Waals surface area contributed by atoms with Gasteiger partial charge < -0.3 is 5.32 Å². The molecule has 2 amide bonds. The molecule has 1 aliphatic rings. The third kappa shape index (κ3) is 2.91. The Hall–Kier alpha value is -2.63. The smallest absolute Gasteiger partial charge is 0.326 e. The molecule has 0 unspecified atom stereocenters. The van der Waals surface area contributed by atoms with Crippen molar-refractivity contribution in [3.05, 3.63) is 81.3 Å². The Bertz CT molecular complexity index is 1100. The van der Waals surface area contributed by atoms with E-state index in [-0.39, 0.29) is 12.1 Å². The summed E-state index contributed by atoms with van der Waals surface area (Å²) in [5.41, 5.74) is 2.74. The number of halogens is 4. The molecule has 0 aliphatic carbocycles. The van der Waals surface area contributed by atoms with Crippen LogP contribution in [0.3, 0.4) is 0 Å². The Morgan fingerprint density at radius 1 is 1.00 bits per heavy atom. The molecule has 7 heteroatoms. The van der Waals surface area contributed by atoms with Gasteiger partial charge in [0.1, 0.15) is 0 Å². The highest BCUT2D eigenvalue weighted by Gasteiger charge is 2.31. The monoisotopic (exact) mass is 418 g/mol. The van der Waals surface area contributed by atoms with Crippen LogP contribution < -0.4 is 10.2 Å². The average Bonchev–Trinajstić information content (AvgIpc) is 2.66. The van der Waals surface area contributed by atoms with Gasteiger partial charge in [0.2, 0.25) is 0 Å². The van der Waals surface area contributed by atoms with Crippen LogP contribution in [0, 0.1) is 18.6 Å². The number of aryl methyl sites for hydroxylation is 1. The van der Waals surface area contributed by atoms with E-state index in [1.54, 1.807) is 43.3 Å². The molecule has 1 heterocycles. The van der Waals surface area contributed by atoms with Gasteiger partial charge in [-0.15, -0.1) is 0 Å². The first-order valence-electron chi connectivity index (χ1n) is 8.49. The highest BCUT2D eigenvalue weighted by Crippen LogP contribution is 2.43. The Morgan fingerprint density at radius 2 is 1.68 bits per heavy atom. The maximum absolute atomic E-state index is 14.6. The average molecular weight is 419 g/mol. The van der Waals surface area contributed by atoms with Gasteiger partial charge >= 0.3 is 6.03 Å². The number of nitrogens with zero attached hydrogens (tertiary/aromatic N) is 1. The number of hydrogen-bond acceptors (Lipinski definition) is 1. The molecule has 0 aromatic heterocycles. The summed E-state index contributed by atoms with van der Waals surface area (Å²) >= 11 is 12.6. The predicted molar refractivity (Wildman–Crippen MR) is 107 cm³/mol. The van der Waals surface area contributed by atoms with E-state index in [1.165, 1.54) is 11.0 Å². The van der Waals surface area contributed by atoms with Crippen LogP contribution in [0.25, 0.3) is 11.1 Å². The van der Waals surface area contributed by atoms with Crippen molar-refractivity contribution in [3.63, 3.8) is 0 Å². The molecular weight excluding hydrogens is 405 g/mol. The number of urea groups is 1. The molecule has 0 atom stereocenters. The summed E-state index contributed by atoms with van der Waals surface area (Å²) in [7, 11) is 0. The van der Waals surface area contributed by atoms with Crippen molar-refractivity contribution in [3.8, 4) is 11.1 Å². The van der Waals surface area contributed by atoms with Crippen LogP contribution in [0.4, 0.5) is 25.0 Å². The molecule has 142 valence electrons. The van der Waals surface area contributed by atoms with E-state index >= 15 is 0 Å². The first-order chi connectivity index (χ1) is 13.4. The summed E-state index contributed by atoms with van der Waals surface area (Å²) in [5.74, 6) is -1.85. The van der Waals surface area contributed by atoms with E-state index in [1.807, 2.05) is 0 Å². The van der Waals surface area contributed by atoms with Crippen molar-refractivity contribution in [2.24, 2.45) is 0 Å². The van der Waals surface area contributed by atoms with Gasteiger partial charge in [0, 0.05) is 17.7 Å². The summed E-state index contributed by atoms with van der Waals surface area (Å²) < 4.78 is 28.5. The summed E-state index contributed by atoms with van der Waals surface area (Å²) in [4.78, 5) is 14.0. The molecule has 28 heavy (non-hydrogen) atoms. The molecule has 0 fully saturated rings. The Kier molecular flexibility index (Phi) is 4.73. The lowest BCUT2D eigenvalue weighted by atomic mass is 9.93. The Balaban J connectivity index is 1.98. The quantitative estimate of drug-likeness (QED) is 0.498. The third-order valence-electron chi connectivity index (χ3n) is 4.75. The molecule has 1 N–H and O–H groups in total. The number of anilines is 2. The normalized spacial score (nSPS) is 13.3. The van der Waals surface area contributed by atoms with Crippen LogP contribution in [0.5, 0.6) is 0 Å². The van der Waals surface area contributed by atoms with Crippen molar-refractivity contribution in [1.29, 1.82) is 0 Å². The number of fused-ring (bicyclic) bond motifs is 1. The van der Waals surface area contributed by atoms with Crippen molar-refractivity contribution in [2.45, 2.75) is 13.5 Å². The van der Waals surface area contributed by atoms with Crippen molar-refractivity contribution in [1.82, 2.24) is 5.32 Å². The Morgan fingerprint density at radius 3 is 2.39 bits per heavy atom. The topological polar surface area (TPSA) is 32.3 Å². The van der Waals surface area contributed by atoms with Crippen LogP contribution in [-0.2, 0) is 6.54 Å². The SMILES string of the molecule is Cc1ccc(F)c(F)c1-c1cccc2c1CNC(=O)N2c1c(Cl)cccc1Cl. The maximum atomic E-state index is 14.6. The van der Waals surface area contributed by atoms with E-state index in [0.29, 0.717) is 38.1 Å². The van der Waals surface area contributed by atoms with Gasteiger partial charge in [-0.3, -0.25) is 4.90 Å². The first kappa shape index (κ1) is 18.7. The fourth-order valence-corrected chi connectivity index (χ4v) is 4.03. The molecule has 0 saturated heterocycles. The minimum Gasteiger partial charge on any atom is -0.333 e. The van der Waals surface area contributed by atoms with E-state index in [4.69, 9.17) is 23.2 Å². The van der Waals surface area contributed by atoms with E-state index in [2.05, 4.69) is 5.32 Å². The fraction of sp³-hybridized carbons (Fsp3) is 0.0952. The zero-order chi connectivity index (χ0) is 20.0. The van der Waals surface area contributed by atoms with Gasteiger partial charge in [-0.05, 0) is 42.3 Å². The Labute approximate surface area is 170 Å². The zero-order valence-electron chi connectivity index (χ0n) is 14.7. The number of carbonyl (C=O) groups is 1. The van der Waals surface area contributed by atoms with Gasteiger partial charge in [0.15, 0.2) is 11.6 Å². The van der Waals surface area contributed by atoms with E-state index < -0.39 is 17.7 Å². The summed E-state index contributed by atoms with van der Waals surface area (Å²) in [6, 6.07) is 12.3. The van der Waals surface area contributed by atoms with Crippen LogP contribution in [-0.4, -0.2) is 6.03 Å². The number of rotatable bonds is 2. The van der Waals surface area contributed by atoms with Gasteiger partial charge in [0.05, 0.1) is 21.4 Å². The highest BCUT2D eigenvalue weighted by atomic mass is 35.5. The molecule has 4 rings (SSSR count). The number of benzene rings is 3. The lowest BCUT2D eigenvalue weighted by Crippen LogP contribution is -2.41. The lowest BCUT2D eigenvalue weighted by Gasteiger charge is -2.32. The second kappa shape index (κ2) is 7.08. The van der Waals surface area contributed by atoms with Gasteiger partial charge in [-0.2, -0.15) is 0 Å². The minimum absolute atomic E-state index is 0.165. The molecule has 0 spiro atoms. The standard InChI is InChI=1S/C21H14Cl2F2N2O/c1-11-8-9-16(24)19(25)18(11)12-4-2-7-17-13(12)10-26-21(28)27(17)20-14(22)5-3-6-15(20)23/h2-9H,10H2,1H3,(H,26,28). The van der Waals surface area contributed by atoms with E-state index in [0.717, 1.165) is 6.07 Å². The van der Waals surface area contributed by atoms with Gasteiger partial charge in [0.25, 0.3) is 0 Å². The molecule has 0 bridgehead atoms. The number of amides is 2. The zero-order valence-corrected chi connectivity index (χ0v) is 16.2. The van der Waals surface area contributed by atoms with Crippen molar-refractivity contribution < 1.29 is 13.6 Å². The third-order valence-corrected chi connectivity index (χ3v) is 5.36. The van der Waals surface area contributed by atoms with Crippen molar-refractivity contribution in [2.75, 3.05) is 4.90 Å². The molecular formula is C21H14Cl2F2N2O. The summed E-state index contributed by atoms with van der Waals surface area (Å²) in [6.45, 7) is 1.87. The number of hydrogen-bond donors (Lipinski definition) is 1. The molecule has 1 aliphatic heterocycles. The van der Waals surface area contributed by atoms with Crippen LogP contribution in [0.15, 0.2) is 48.5 Å². The summed E-state index contributed by atoms with van der Waals surface area (Å²) in [6.07, 6.45) is 0. The number of carbonyl (C=O) groups excluding carboxylic acids is 1. The largest absolute Gasteiger partial charge is 0.333 e. The van der Waals surface area contributed by atoms with Gasteiger partial charge in [-0.1, -0.05) is 47.5 Å². The maximum Gasteiger partial charge on any atom is 0.326 e. The molecule has 3 aromatic rings. The summed E-state index contributed by atoms with van der Waals surface area (Å²) in [5, 5.41) is 3.36. The van der Waals surface area contributed by atoms with Crippen LogP contribution >= 0.6 is 23.2 Å². The fourth-order valence-electron chi connectivity index (χ4n) is 3.46. The number of para-hydroxylation sites is 1. The van der Waals surface area contributed by atoms with Crippen LogP contribution in [0.1, 0.15) is 11.1 Å². The van der Waals surface area contributed by atoms with E-state index in [9.17, 15) is 13.6 Å². The molecule has 3 nitrogen and oxygen atoms in total. The molecule has 3 aromatic carbocycles. The van der Waals surface area contributed by atoms with Gasteiger partial charge in [-0.25, -0.2) is 13.6 Å². The second-order valence-electron chi connectivity index (χ2n) is 6.42. The first-order valence-corrected chi connectivity index (χ1v) is 9.24. The lowest BCUT2D eigenvalue weighted by molar-refractivity contribution is 0.247. The minimum atomic E-state index is -0.927. The predicted octanol–water partition coefficient (Wildman–Crippen LogP) is 6.61.